The van der Waals surface area contributed by atoms with E-state index in [-0.39, 0.29) is 5.41 Å². The van der Waals surface area contributed by atoms with Gasteiger partial charge in [0.1, 0.15) is 0 Å². The lowest BCUT2D eigenvalue weighted by Crippen LogP contribution is -2.14. The second-order valence-electron chi connectivity index (χ2n) is 16.1. The maximum Gasteiger partial charge on any atom is 0.238 e. The average molecular weight is 771 g/mol. The Kier molecular flexibility index (Phi) is 8.25. The van der Waals surface area contributed by atoms with Crippen LogP contribution < -0.4 is 0 Å². The highest BCUT2D eigenvalue weighted by Crippen LogP contribution is 2.50. The third-order valence-electron chi connectivity index (χ3n) is 12.4. The van der Waals surface area contributed by atoms with Gasteiger partial charge in [-0.05, 0) is 84.4 Å². The van der Waals surface area contributed by atoms with Crippen LogP contribution in [0.5, 0.6) is 0 Å². The van der Waals surface area contributed by atoms with Gasteiger partial charge in [0, 0.05) is 32.9 Å². The molecule has 0 bridgehead atoms. The lowest BCUT2D eigenvalue weighted by molar-refractivity contribution is 0.660. The topological polar surface area (TPSA) is 43.6 Å². The Bertz CT molecular complexity index is 3400. The summed E-state index contributed by atoms with van der Waals surface area (Å²) in [6.07, 6.45) is 0. The molecule has 0 saturated carbocycles. The van der Waals surface area contributed by atoms with E-state index in [0.29, 0.717) is 17.6 Å². The van der Waals surface area contributed by atoms with Crippen molar-refractivity contribution in [1.29, 1.82) is 0 Å². The van der Waals surface area contributed by atoms with Crippen molar-refractivity contribution in [3.05, 3.63) is 193 Å². The summed E-state index contributed by atoms with van der Waals surface area (Å²) in [7, 11) is 0. The van der Waals surface area contributed by atoms with Crippen molar-refractivity contribution in [2.75, 3.05) is 0 Å². The van der Waals surface area contributed by atoms with E-state index in [1.54, 1.807) is 0 Å². The lowest BCUT2D eigenvalue weighted by Gasteiger charge is -2.21. The SMILES string of the molecule is CC.CC1(C)c2ccccc2-c2cc(-c3cccc4c5c6ccccc6ccc5n(-c5nc(-c6ccc7ccccc7c6)nc(-c6ccc7ccccc7c6)n5)c34)ccc21. The monoisotopic (exact) mass is 770 g/mol. The smallest absolute Gasteiger partial charge is 0.238 e. The first-order chi connectivity index (χ1) is 29.5. The summed E-state index contributed by atoms with van der Waals surface area (Å²) in [4.78, 5) is 16.0. The lowest BCUT2D eigenvalue weighted by atomic mass is 9.82. The second kappa shape index (κ2) is 13.9. The minimum atomic E-state index is -0.0759. The van der Waals surface area contributed by atoms with Crippen molar-refractivity contribution < 1.29 is 0 Å². The van der Waals surface area contributed by atoms with Gasteiger partial charge in [0.05, 0.1) is 11.0 Å². The molecule has 1 aliphatic rings. The van der Waals surface area contributed by atoms with E-state index >= 15 is 0 Å². The van der Waals surface area contributed by atoms with Crippen molar-refractivity contribution in [3.63, 3.8) is 0 Å². The largest absolute Gasteiger partial charge is 0.277 e. The van der Waals surface area contributed by atoms with Crippen molar-refractivity contribution in [2.45, 2.75) is 33.1 Å². The molecule has 0 radical (unpaired) electrons. The van der Waals surface area contributed by atoms with Crippen molar-refractivity contribution in [2.24, 2.45) is 0 Å². The van der Waals surface area contributed by atoms with Crippen LogP contribution in [0, 0.1) is 0 Å². The van der Waals surface area contributed by atoms with Crippen LogP contribution >= 0.6 is 0 Å². The molecular weight excluding hydrogens is 729 g/mol. The average Bonchev–Trinajstić information content (AvgIpc) is 3.78. The normalized spacial score (nSPS) is 12.8. The summed E-state index contributed by atoms with van der Waals surface area (Å²) in [5.41, 5.74) is 11.5. The highest BCUT2D eigenvalue weighted by Gasteiger charge is 2.35. The summed E-state index contributed by atoms with van der Waals surface area (Å²) in [5, 5.41) is 9.36. The van der Waals surface area contributed by atoms with Crippen LogP contribution in [0.1, 0.15) is 38.8 Å². The molecule has 0 saturated heterocycles. The summed E-state index contributed by atoms with van der Waals surface area (Å²) < 4.78 is 2.29. The molecule has 12 rings (SSSR count). The summed E-state index contributed by atoms with van der Waals surface area (Å²) in [5.74, 6) is 1.84. The van der Waals surface area contributed by atoms with Gasteiger partial charge in [0.15, 0.2) is 11.6 Å². The molecule has 1 aliphatic carbocycles. The summed E-state index contributed by atoms with van der Waals surface area (Å²) in [6.45, 7) is 8.67. The number of benzene rings is 9. The van der Waals surface area contributed by atoms with Gasteiger partial charge >= 0.3 is 0 Å². The summed E-state index contributed by atoms with van der Waals surface area (Å²) >= 11 is 0. The number of aromatic nitrogens is 4. The Labute approximate surface area is 349 Å². The Morgan fingerprint density at radius 1 is 0.400 bits per heavy atom. The fourth-order valence-electron chi connectivity index (χ4n) is 9.54. The Morgan fingerprint density at radius 2 is 0.933 bits per heavy atom. The third-order valence-corrected chi connectivity index (χ3v) is 12.4. The van der Waals surface area contributed by atoms with Crippen LogP contribution in [0.4, 0.5) is 0 Å². The molecule has 4 nitrogen and oxygen atoms in total. The van der Waals surface area contributed by atoms with E-state index in [1.807, 2.05) is 13.8 Å². The van der Waals surface area contributed by atoms with Crippen LogP contribution in [-0.2, 0) is 5.41 Å². The van der Waals surface area contributed by atoms with E-state index < -0.39 is 0 Å². The maximum atomic E-state index is 5.40. The molecule has 9 aromatic carbocycles. The van der Waals surface area contributed by atoms with Crippen LogP contribution in [0.25, 0.3) is 105 Å². The quantitative estimate of drug-likeness (QED) is 0.179. The predicted octanol–water partition coefficient (Wildman–Crippen LogP) is 14.8. The molecule has 0 fully saturated rings. The number of rotatable bonds is 4. The molecule has 4 heteroatoms. The third kappa shape index (κ3) is 5.48. The van der Waals surface area contributed by atoms with E-state index in [9.17, 15) is 0 Å². The molecule has 0 spiro atoms. The van der Waals surface area contributed by atoms with Gasteiger partial charge in [0.2, 0.25) is 5.95 Å². The van der Waals surface area contributed by atoms with E-state index in [0.717, 1.165) is 49.4 Å². The van der Waals surface area contributed by atoms with Gasteiger partial charge in [-0.25, -0.2) is 4.98 Å². The van der Waals surface area contributed by atoms with Gasteiger partial charge < -0.3 is 0 Å². The molecule has 0 unspecified atom stereocenters. The standard InChI is InChI=1S/C54H36N4.C2H6/c1-54(2)46-21-10-9-18-43(46)45-32-38(26-28-47(45)54)42-19-11-20-44-49-41-17-8-7-14-35(41)27-29-48(49)58(50(42)44)53-56-51(39-24-22-33-12-3-5-15-36(33)30-39)55-52(57-53)40-25-23-34-13-4-6-16-37(34)31-40;1-2/h3-32H,1-2H3;1-2H3. The molecule has 0 amide bonds. The van der Waals surface area contributed by atoms with E-state index in [2.05, 4.69) is 200 Å². The summed E-state index contributed by atoms with van der Waals surface area (Å²) in [6, 6.07) is 65.5. The Morgan fingerprint density at radius 3 is 1.63 bits per heavy atom. The van der Waals surface area contributed by atoms with Crippen molar-refractivity contribution >= 4 is 54.1 Å². The number of para-hydroxylation sites is 1. The number of hydrogen-bond donors (Lipinski definition) is 0. The van der Waals surface area contributed by atoms with E-state index in [1.165, 1.54) is 49.2 Å². The maximum absolute atomic E-state index is 5.40. The van der Waals surface area contributed by atoms with Gasteiger partial charge in [-0.1, -0.05) is 185 Å². The predicted molar refractivity (Wildman–Crippen MR) is 252 cm³/mol. The second-order valence-corrected chi connectivity index (χ2v) is 16.1. The molecule has 2 aromatic heterocycles. The van der Waals surface area contributed by atoms with Crippen LogP contribution in [0.3, 0.4) is 0 Å². The van der Waals surface area contributed by atoms with Gasteiger partial charge in [-0.15, -0.1) is 0 Å². The molecule has 286 valence electrons. The van der Waals surface area contributed by atoms with Crippen molar-refractivity contribution in [3.8, 4) is 51.0 Å². The highest BCUT2D eigenvalue weighted by atomic mass is 15.2. The molecule has 0 atom stereocenters. The zero-order chi connectivity index (χ0) is 40.5. The van der Waals surface area contributed by atoms with Crippen molar-refractivity contribution in [1.82, 2.24) is 19.5 Å². The Balaban J connectivity index is 0.00000201. The molecule has 2 heterocycles. The van der Waals surface area contributed by atoms with Crippen LogP contribution in [0.15, 0.2) is 182 Å². The van der Waals surface area contributed by atoms with E-state index in [4.69, 9.17) is 15.0 Å². The number of hydrogen-bond acceptors (Lipinski definition) is 3. The first kappa shape index (κ1) is 35.7. The highest BCUT2D eigenvalue weighted by molar-refractivity contribution is 6.23. The fraction of sp³-hybridized carbons (Fsp3) is 0.0893. The van der Waals surface area contributed by atoms with Gasteiger partial charge in [0.25, 0.3) is 0 Å². The molecule has 11 aromatic rings. The first-order valence-corrected chi connectivity index (χ1v) is 20.9. The minimum absolute atomic E-state index is 0.0759. The fourth-order valence-corrected chi connectivity index (χ4v) is 9.54. The van der Waals surface area contributed by atoms with Crippen LogP contribution in [0.2, 0.25) is 0 Å². The Hall–Kier alpha value is -7.43. The number of fused-ring (bicyclic) bond motifs is 10. The molecule has 0 aliphatic heterocycles. The first-order valence-electron chi connectivity index (χ1n) is 20.9. The molecule has 0 N–H and O–H groups in total. The zero-order valence-electron chi connectivity index (χ0n) is 34.1. The molecular formula is C56H42N4. The minimum Gasteiger partial charge on any atom is -0.277 e. The number of nitrogens with zero attached hydrogens (tertiary/aromatic N) is 4. The van der Waals surface area contributed by atoms with Crippen LogP contribution in [-0.4, -0.2) is 19.5 Å². The van der Waals surface area contributed by atoms with Gasteiger partial charge in [-0.2, -0.15) is 9.97 Å². The van der Waals surface area contributed by atoms with Gasteiger partial charge in [-0.3, -0.25) is 4.57 Å². The molecule has 60 heavy (non-hydrogen) atoms. The zero-order valence-corrected chi connectivity index (χ0v) is 34.1.